The minimum Gasteiger partial charge on any atom is -0.497 e. The van der Waals surface area contributed by atoms with E-state index in [9.17, 15) is 4.79 Å². The maximum atomic E-state index is 13.3. The van der Waals surface area contributed by atoms with Crippen LogP contribution in [0.3, 0.4) is 0 Å². The Balaban J connectivity index is 1.59. The summed E-state index contributed by atoms with van der Waals surface area (Å²) in [6.07, 6.45) is 4.60. The number of hydrogen-bond acceptors (Lipinski definition) is 6. The molecule has 5 rings (SSSR count). The van der Waals surface area contributed by atoms with Crippen molar-refractivity contribution in [3.8, 4) is 5.75 Å². The van der Waals surface area contributed by atoms with E-state index >= 15 is 0 Å². The molecule has 1 unspecified atom stereocenters. The van der Waals surface area contributed by atoms with E-state index in [-0.39, 0.29) is 11.6 Å². The number of nitrogens with zero attached hydrogens (tertiary/aromatic N) is 5. The number of benzene rings is 2. The number of tetrazole rings is 1. The second-order valence-electron chi connectivity index (χ2n) is 9.04. The van der Waals surface area contributed by atoms with Gasteiger partial charge in [-0.2, -0.15) is 0 Å². The first-order valence-electron chi connectivity index (χ1n) is 11.9. The smallest absolute Gasteiger partial charge is 0.253 e. The molecule has 176 valence electrons. The molecule has 1 aliphatic rings. The Morgan fingerprint density at radius 1 is 1.03 bits per heavy atom. The lowest BCUT2D eigenvalue weighted by Crippen LogP contribution is -2.36. The second-order valence-corrected chi connectivity index (χ2v) is 9.04. The van der Waals surface area contributed by atoms with E-state index in [2.05, 4.69) is 38.4 Å². The molecule has 3 heterocycles. The third-order valence-corrected chi connectivity index (χ3v) is 6.62. The predicted octanol–water partition coefficient (Wildman–Crippen LogP) is 3.85. The molecule has 1 N–H and O–H groups in total. The van der Waals surface area contributed by atoms with Gasteiger partial charge in [0.2, 0.25) is 0 Å². The van der Waals surface area contributed by atoms with Crippen LogP contribution in [0.1, 0.15) is 54.2 Å². The number of H-pyrrole nitrogens is 1. The molecule has 2 aromatic carbocycles. The van der Waals surface area contributed by atoms with Gasteiger partial charge in [0.05, 0.1) is 13.7 Å². The highest BCUT2D eigenvalue weighted by molar-refractivity contribution is 5.79. The molecule has 1 saturated heterocycles. The molecule has 0 radical (unpaired) electrons. The number of aromatic nitrogens is 5. The molecule has 0 spiro atoms. The van der Waals surface area contributed by atoms with E-state index in [1.807, 2.05) is 47.1 Å². The average molecular weight is 459 g/mol. The summed E-state index contributed by atoms with van der Waals surface area (Å²) >= 11 is 0. The standard InChI is InChI=1S/C26H30N6O2/c1-18-7-12-23-20(15-18)16-22(26(33)27-23)24(31-13-5-3-4-6-14-31)25-28-29-30-32(25)17-19-8-10-21(34-2)11-9-19/h7-12,15-16,24H,3-6,13-14,17H2,1-2H3,(H,27,33). The zero-order valence-electron chi connectivity index (χ0n) is 19.7. The number of methoxy groups -OCH3 is 1. The lowest BCUT2D eigenvalue weighted by atomic mass is 10.0. The third-order valence-electron chi connectivity index (χ3n) is 6.62. The van der Waals surface area contributed by atoms with Crippen LogP contribution in [-0.2, 0) is 6.54 Å². The van der Waals surface area contributed by atoms with Crippen molar-refractivity contribution in [3.05, 3.63) is 81.4 Å². The van der Waals surface area contributed by atoms with Gasteiger partial charge in [0.1, 0.15) is 11.8 Å². The highest BCUT2D eigenvalue weighted by Gasteiger charge is 2.30. The van der Waals surface area contributed by atoms with Crippen molar-refractivity contribution < 1.29 is 4.74 Å². The molecular formula is C26H30N6O2. The number of nitrogens with one attached hydrogen (secondary N) is 1. The third kappa shape index (κ3) is 4.59. The molecule has 34 heavy (non-hydrogen) atoms. The maximum Gasteiger partial charge on any atom is 0.253 e. The topological polar surface area (TPSA) is 88.9 Å². The number of likely N-dealkylation sites (tertiary alicyclic amines) is 1. The van der Waals surface area contributed by atoms with E-state index in [1.165, 1.54) is 12.8 Å². The van der Waals surface area contributed by atoms with Gasteiger partial charge >= 0.3 is 0 Å². The minimum atomic E-state index is -0.319. The molecule has 2 aromatic heterocycles. The Hall–Kier alpha value is -3.52. The average Bonchev–Trinajstić information content (AvgIpc) is 3.12. The van der Waals surface area contributed by atoms with Crippen LogP contribution in [0.25, 0.3) is 10.9 Å². The molecule has 0 saturated carbocycles. The number of pyridine rings is 1. The highest BCUT2D eigenvalue weighted by Crippen LogP contribution is 2.29. The van der Waals surface area contributed by atoms with Crippen molar-refractivity contribution in [1.29, 1.82) is 0 Å². The molecule has 4 aromatic rings. The second kappa shape index (κ2) is 9.77. The van der Waals surface area contributed by atoms with E-state index < -0.39 is 0 Å². The summed E-state index contributed by atoms with van der Waals surface area (Å²) in [4.78, 5) is 18.8. The zero-order valence-corrected chi connectivity index (χ0v) is 19.7. The van der Waals surface area contributed by atoms with Gasteiger partial charge < -0.3 is 9.72 Å². The maximum absolute atomic E-state index is 13.3. The number of ether oxygens (including phenoxy) is 1. The van der Waals surface area contributed by atoms with Crippen LogP contribution in [0.5, 0.6) is 5.75 Å². The molecular weight excluding hydrogens is 428 g/mol. The monoisotopic (exact) mass is 458 g/mol. The van der Waals surface area contributed by atoms with Crippen molar-refractivity contribution in [2.45, 2.75) is 45.2 Å². The molecule has 8 nitrogen and oxygen atoms in total. The summed E-state index contributed by atoms with van der Waals surface area (Å²) in [6, 6.07) is 15.7. The fraction of sp³-hybridized carbons (Fsp3) is 0.385. The van der Waals surface area contributed by atoms with Crippen molar-refractivity contribution in [1.82, 2.24) is 30.1 Å². The van der Waals surface area contributed by atoms with Gasteiger partial charge in [0.15, 0.2) is 5.82 Å². The van der Waals surface area contributed by atoms with Gasteiger partial charge in [-0.15, -0.1) is 5.10 Å². The normalized spacial score (nSPS) is 15.8. The first-order chi connectivity index (χ1) is 16.6. The fourth-order valence-corrected chi connectivity index (χ4v) is 4.82. The lowest BCUT2D eigenvalue weighted by molar-refractivity contribution is 0.220. The lowest BCUT2D eigenvalue weighted by Gasteiger charge is -2.29. The Morgan fingerprint density at radius 3 is 2.53 bits per heavy atom. The molecule has 0 aliphatic carbocycles. The van der Waals surface area contributed by atoms with E-state index in [1.54, 1.807) is 7.11 Å². The van der Waals surface area contributed by atoms with E-state index in [0.717, 1.165) is 53.7 Å². The van der Waals surface area contributed by atoms with Crippen molar-refractivity contribution in [2.75, 3.05) is 20.2 Å². The van der Waals surface area contributed by atoms with Crippen LogP contribution in [-0.4, -0.2) is 50.3 Å². The number of fused-ring (bicyclic) bond motifs is 1. The Bertz CT molecular complexity index is 1320. The molecule has 0 bridgehead atoms. The van der Waals surface area contributed by atoms with Gasteiger partial charge in [-0.3, -0.25) is 9.69 Å². The molecule has 0 amide bonds. The Morgan fingerprint density at radius 2 is 1.79 bits per heavy atom. The minimum absolute atomic E-state index is 0.0930. The molecule has 1 fully saturated rings. The summed E-state index contributed by atoms with van der Waals surface area (Å²) in [6.45, 7) is 4.39. The largest absolute Gasteiger partial charge is 0.497 e. The van der Waals surface area contributed by atoms with Gasteiger partial charge in [-0.25, -0.2) is 4.68 Å². The first kappa shape index (κ1) is 22.3. The fourth-order valence-electron chi connectivity index (χ4n) is 4.82. The highest BCUT2D eigenvalue weighted by atomic mass is 16.5. The summed E-state index contributed by atoms with van der Waals surface area (Å²) in [5, 5.41) is 13.8. The quantitative estimate of drug-likeness (QED) is 0.472. The van der Waals surface area contributed by atoms with Crippen LogP contribution in [0, 0.1) is 6.92 Å². The van der Waals surface area contributed by atoms with Gasteiger partial charge in [-0.1, -0.05) is 36.6 Å². The Kier molecular flexibility index (Phi) is 6.40. The van der Waals surface area contributed by atoms with Gasteiger partial charge in [0.25, 0.3) is 5.56 Å². The van der Waals surface area contributed by atoms with Crippen molar-refractivity contribution in [2.24, 2.45) is 0 Å². The van der Waals surface area contributed by atoms with Crippen LogP contribution >= 0.6 is 0 Å². The first-order valence-corrected chi connectivity index (χ1v) is 11.9. The number of aromatic amines is 1. The van der Waals surface area contributed by atoms with Crippen LogP contribution in [0.2, 0.25) is 0 Å². The van der Waals surface area contributed by atoms with Crippen LogP contribution < -0.4 is 10.3 Å². The van der Waals surface area contributed by atoms with E-state index in [0.29, 0.717) is 17.9 Å². The number of hydrogen-bond donors (Lipinski definition) is 1. The number of rotatable bonds is 6. The van der Waals surface area contributed by atoms with Gasteiger partial charge in [0, 0.05) is 11.1 Å². The summed E-state index contributed by atoms with van der Waals surface area (Å²) in [5.74, 6) is 1.50. The van der Waals surface area contributed by atoms with E-state index in [4.69, 9.17) is 4.74 Å². The summed E-state index contributed by atoms with van der Waals surface area (Å²) in [5.41, 5.74) is 3.65. The van der Waals surface area contributed by atoms with Crippen molar-refractivity contribution >= 4 is 10.9 Å². The van der Waals surface area contributed by atoms with Gasteiger partial charge in [-0.05, 0) is 84.6 Å². The summed E-state index contributed by atoms with van der Waals surface area (Å²) < 4.78 is 7.10. The van der Waals surface area contributed by atoms with Crippen LogP contribution in [0.4, 0.5) is 0 Å². The predicted molar refractivity (Wildman–Crippen MR) is 131 cm³/mol. The molecule has 1 atom stereocenters. The number of aryl methyl sites for hydroxylation is 1. The SMILES string of the molecule is COc1ccc(Cn2nnnc2C(c2cc3cc(C)ccc3[nH]c2=O)N2CCCCCC2)cc1. The molecule has 8 heteroatoms. The molecule has 1 aliphatic heterocycles. The van der Waals surface area contributed by atoms with Crippen LogP contribution in [0.15, 0.2) is 53.3 Å². The van der Waals surface area contributed by atoms with Crippen molar-refractivity contribution in [3.63, 3.8) is 0 Å². The Labute approximate surface area is 198 Å². The zero-order chi connectivity index (χ0) is 23.5. The summed E-state index contributed by atoms with van der Waals surface area (Å²) in [7, 11) is 1.66.